The predicted molar refractivity (Wildman–Crippen MR) is 430 cm³/mol. The zero-order valence-corrected chi connectivity index (χ0v) is 63.6. The first-order valence-electron chi connectivity index (χ1n) is 33.7. The van der Waals surface area contributed by atoms with Crippen molar-refractivity contribution < 1.29 is 33.2 Å². The molecular formula is C81H75BCl7N11O7. The molecule has 1 saturated heterocycles. The molecule has 11 aromatic rings. The summed E-state index contributed by atoms with van der Waals surface area (Å²) in [5.74, 6) is 1.29. The summed E-state index contributed by atoms with van der Waals surface area (Å²) in [5.41, 5.74) is 12.4. The summed E-state index contributed by atoms with van der Waals surface area (Å²) in [4.78, 5) is 58.4. The number of nitrogens with one attached hydrogen (secondary N) is 3. The molecule has 0 spiro atoms. The Morgan fingerprint density at radius 2 is 0.879 bits per heavy atom. The molecular weight excluding hydrogens is 1500 g/mol. The van der Waals surface area contributed by atoms with Crippen LogP contribution in [-0.2, 0) is 62.5 Å². The van der Waals surface area contributed by atoms with Gasteiger partial charge in [-0.15, -0.1) is 0 Å². The van der Waals surface area contributed by atoms with Gasteiger partial charge in [0.15, 0.2) is 5.78 Å². The number of nitrogens with zero attached hydrogens (tertiary/aromatic N) is 8. The lowest BCUT2D eigenvalue weighted by molar-refractivity contribution is -0.120. The van der Waals surface area contributed by atoms with Gasteiger partial charge in [-0.25, -0.2) is 0 Å². The standard InChI is InChI=1S/C27H22Cl2N4O2.C24H19Cl3N2O2.C20H15Cl2N3O.C9H15BN2O2.CH4/c1-35-21-9-6-17(7-10-21)16-33-25-11-8-20(28)13-22(25)26(19-14-30-31-15-19)32-24(27(33)34)12-18-4-2-3-5-23(18)29;1-31-18-9-6-15(7-10-18)14-29-22-11-8-17(25)13-19(22)23(27)28-21(24(29)30)12-16-4-2-3-5-20(16)26;21-15-6-5-12-8-19(26)18(7-13-3-1-2-4-17(13)22)25-20(16(12)9-15)14-10-23-24-11-14;1-8(2)9(3,4)14-10(13-8)7-5-11-12-6-7;/h2-11,13-15,24H,12,16H2,1H3,(H,30,31);2-11,13,21H,12,14H2,1H3;1-6,9-11,18H,7-8H2,(H,23,24);5-6H,1-4H3,(H,11,12);1H4. The van der Waals surface area contributed by atoms with Gasteiger partial charge < -0.3 is 28.6 Å². The third-order valence-electron chi connectivity index (χ3n) is 18.7. The lowest BCUT2D eigenvalue weighted by Crippen LogP contribution is -2.41. The first kappa shape index (κ1) is 78.7. The topological polar surface area (TPSA) is 218 Å². The van der Waals surface area contributed by atoms with E-state index in [4.69, 9.17) is 110 Å². The number of aliphatic imine (C=N–C) groups is 3. The second-order valence-electron chi connectivity index (χ2n) is 26.2. The summed E-state index contributed by atoms with van der Waals surface area (Å²) in [7, 11) is 2.94. The summed E-state index contributed by atoms with van der Waals surface area (Å²) in [5, 5.41) is 24.2. The Hall–Kier alpha value is -9.38. The Bertz CT molecular complexity index is 5030. The number of ether oxygens (including phenoxy) is 2. The summed E-state index contributed by atoms with van der Waals surface area (Å²) in [6.07, 6.45) is 11.9. The van der Waals surface area contributed by atoms with Gasteiger partial charge in [-0.2, -0.15) is 15.3 Å². The van der Waals surface area contributed by atoms with Crippen molar-refractivity contribution in [3.63, 3.8) is 0 Å². The lowest BCUT2D eigenvalue weighted by atomic mass is 9.82. The van der Waals surface area contributed by atoms with Gasteiger partial charge >= 0.3 is 7.12 Å². The molecule has 26 heteroatoms. The van der Waals surface area contributed by atoms with E-state index in [-0.39, 0.29) is 48.5 Å². The van der Waals surface area contributed by atoms with Crippen LogP contribution in [-0.4, -0.2) is 115 Å². The molecule has 3 atom stereocenters. The second kappa shape index (κ2) is 35.1. The van der Waals surface area contributed by atoms with Crippen molar-refractivity contribution in [1.29, 1.82) is 0 Å². The van der Waals surface area contributed by atoms with Crippen LogP contribution < -0.4 is 24.7 Å². The number of hydrogen-bond donors (Lipinski definition) is 3. The quantitative estimate of drug-likeness (QED) is 0.0825. The van der Waals surface area contributed by atoms with E-state index < -0.39 is 18.1 Å². The normalized spacial score (nSPS) is 16.9. The zero-order chi connectivity index (χ0) is 74.8. The van der Waals surface area contributed by atoms with Crippen molar-refractivity contribution in [1.82, 2.24) is 30.6 Å². The second-order valence-corrected chi connectivity index (χ2v) is 29.1. The molecule has 0 radical (unpaired) electrons. The number of rotatable bonds is 15. The number of halogens is 7. The molecule has 0 bridgehead atoms. The van der Waals surface area contributed by atoms with Gasteiger partial charge in [0.25, 0.3) is 11.8 Å². The minimum atomic E-state index is -0.711. The van der Waals surface area contributed by atoms with Gasteiger partial charge in [0.2, 0.25) is 0 Å². The number of H-pyrrole nitrogens is 3. The van der Waals surface area contributed by atoms with Gasteiger partial charge in [0.05, 0.1) is 73.7 Å². The Balaban J connectivity index is 0.000000147. The molecule has 0 saturated carbocycles. The number of fused-ring (bicyclic) bond motifs is 3. The maximum Gasteiger partial charge on any atom is 0.498 e. The van der Waals surface area contributed by atoms with Crippen LogP contribution in [0.25, 0.3) is 0 Å². The van der Waals surface area contributed by atoms with E-state index in [2.05, 4.69) is 35.6 Å². The van der Waals surface area contributed by atoms with Crippen LogP contribution in [0.2, 0.25) is 30.1 Å². The molecule has 2 amide bonds. The summed E-state index contributed by atoms with van der Waals surface area (Å²) >= 11 is 44.5. The zero-order valence-electron chi connectivity index (χ0n) is 58.3. The fourth-order valence-corrected chi connectivity index (χ4v) is 13.7. The molecule has 548 valence electrons. The number of amides is 2. The largest absolute Gasteiger partial charge is 0.498 e. The average Bonchev–Trinajstić information content (AvgIpc) is 1.68. The molecule has 0 aliphatic carbocycles. The summed E-state index contributed by atoms with van der Waals surface area (Å²) in [6, 6.07) is 52.2. The van der Waals surface area contributed by atoms with Crippen LogP contribution >= 0.6 is 81.2 Å². The molecule has 8 aromatic carbocycles. The Morgan fingerprint density at radius 3 is 1.33 bits per heavy atom. The van der Waals surface area contributed by atoms with E-state index in [0.717, 1.165) is 84.0 Å². The average molecular weight is 1570 g/mol. The number of carbonyl (C=O) groups is 3. The molecule has 107 heavy (non-hydrogen) atoms. The first-order chi connectivity index (χ1) is 51.0. The third kappa shape index (κ3) is 18.8. The Kier molecular flexibility index (Phi) is 25.8. The SMILES string of the molecule is C.CC1(C)OB(c2cn[nH]c2)OC1(C)C.COc1ccc(CN2C(=O)C(Cc3ccccc3Cl)N=C(Cl)c3cc(Cl)ccc32)cc1.COc1ccc(CN2C(=O)C(Cc3ccccc3Cl)N=C(c3cn[nH]c3)c3cc(Cl)ccc32)cc1.O=C1Cc2ccc(Cl)cc2C(c2cn[nH]c2)=NC1Cc1ccccc1Cl. The molecule has 4 aliphatic heterocycles. The highest BCUT2D eigenvalue weighted by molar-refractivity contribution is 6.70. The number of benzodiazepines with no additional fused rings is 2. The highest BCUT2D eigenvalue weighted by Gasteiger charge is 2.52. The molecule has 7 heterocycles. The number of benzene rings is 8. The van der Waals surface area contributed by atoms with Crippen LogP contribution in [0.15, 0.2) is 228 Å². The van der Waals surface area contributed by atoms with Crippen LogP contribution in [0.4, 0.5) is 11.4 Å². The third-order valence-corrected chi connectivity index (χ3v) is 20.8. The smallest absolute Gasteiger partial charge is 0.497 e. The van der Waals surface area contributed by atoms with E-state index in [1.165, 1.54) is 0 Å². The van der Waals surface area contributed by atoms with Crippen molar-refractivity contribution in [2.75, 3.05) is 24.0 Å². The van der Waals surface area contributed by atoms with Crippen LogP contribution in [0.5, 0.6) is 11.5 Å². The van der Waals surface area contributed by atoms with Crippen molar-refractivity contribution >= 4 is 139 Å². The molecule has 4 aliphatic rings. The molecule has 15 rings (SSSR count). The van der Waals surface area contributed by atoms with Crippen LogP contribution in [0.3, 0.4) is 0 Å². The maximum atomic E-state index is 14.0. The Morgan fingerprint density at radius 1 is 0.477 bits per heavy atom. The van der Waals surface area contributed by atoms with E-state index >= 15 is 0 Å². The van der Waals surface area contributed by atoms with Gasteiger partial charge in [-0.05, 0) is 152 Å². The van der Waals surface area contributed by atoms with E-state index in [0.29, 0.717) is 85.9 Å². The van der Waals surface area contributed by atoms with E-state index in [1.54, 1.807) is 97.6 Å². The van der Waals surface area contributed by atoms with Crippen molar-refractivity contribution in [3.05, 3.63) is 304 Å². The minimum Gasteiger partial charge on any atom is -0.497 e. The number of anilines is 2. The van der Waals surface area contributed by atoms with E-state index in [1.807, 2.05) is 167 Å². The molecule has 18 nitrogen and oxygen atoms in total. The monoisotopic (exact) mass is 1570 g/mol. The number of carbonyl (C=O) groups excluding carboxylic acids is 3. The van der Waals surface area contributed by atoms with Gasteiger partial charge in [0, 0.05) is 114 Å². The molecule has 3 N–H and O–H groups in total. The highest BCUT2D eigenvalue weighted by atomic mass is 35.5. The van der Waals surface area contributed by atoms with Crippen molar-refractivity contribution in [2.45, 2.75) is 103 Å². The fourth-order valence-electron chi connectivity index (χ4n) is 12.3. The molecule has 1 fully saturated rings. The number of hydrogen-bond acceptors (Lipinski definition) is 13. The predicted octanol–water partition coefficient (Wildman–Crippen LogP) is 17.5. The summed E-state index contributed by atoms with van der Waals surface area (Å²) < 4.78 is 22.2. The fraction of sp³-hybridized carbons (Fsp3) is 0.222. The van der Waals surface area contributed by atoms with E-state index in [9.17, 15) is 14.4 Å². The lowest BCUT2D eigenvalue weighted by Gasteiger charge is -2.32. The van der Waals surface area contributed by atoms with Crippen molar-refractivity contribution in [2.24, 2.45) is 15.0 Å². The minimum absolute atomic E-state index is 0. The maximum absolute atomic E-state index is 14.0. The number of Topliss-reactive ketones (excluding diaryl/α,β-unsaturated/α-hetero) is 1. The Labute approximate surface area is 656 Å². The van der Waals surface area contributed by atoms with Gasteiger partial charge in [-0.3, -0.25) is 44.7 Å². The van der Waals surface area contributed by atoms with Crippen LogP contribution in [0, 0.1) is 0 Å². The highest BCUT2D eigenvalue weighted by Crippen LogP contribution is 2.39. The number of methoxy groups -OCH3 is 2. The molecule has 3 unspecified atom stereocenters. The number of ketones is 1. The van der Waals surface area contributed by atoms with Crippen LogP contribution in [0.1, 0.15) is 96.3 Å². The first-order valence-corrected chi connectivity index (χ1v) is 36.4. The number of aromatic amines is 3. The number of aromatic nitrogens is 6. The molecule has 3 aromatic heterocycles. The van der Waals surface area contributed by atoms with Gasteiger partial charge in [0.1, 0.15) is 34.8 Å². The van der Waals surface area contributed by atoms with Crippen molar-refractivity contribution in [3.8, 4) is 11.5 Å². The van der Waals surface area contributed by atoms with Gasteiger partial charge in [-0.1, -0.05) is 174 Å². The summed E-state index contributed by atoms with van der Waals surface area (Å²) in [6.45, 7) is 8.86.